The van der Waals surface area contributed by atoms with Crippen molar-refractivity contribution >= 4 is 46.8 Å². The Morgan fingerprint density at radius 1 is 1.15 bits per heavy atom. The Balaban J connectivity index is 1.70. The lowest BCUT2D eigenvalue weighted by molar-refractivity contribution is -0.123. The summed E-state index contributed by atoms with van der Waals surface area (Å²) in [6, 6.07) is 14.4. The van der Waals surface area contributed by atoms with E-state index in [0.717, 1.165) is 11.1 Å². The van der Waals surface area contributed by atoms with Gasteiger partial charge in [0, 0.05) is 11.1 Å². The van der Waals surface area contributed by atoms with E-state index in [1.165, 1.54) is 6.08 Å². The van der Waals surface area contributed by atoms with Crippen molar-refractivity contribution in [2.45, 2.75) is 6.92 Å². The Morgan fingerprint density at radius 3 is 2.59 bits per heavy atom. The monoisotopic (exact) mass is 403 g/mol. The number of hydrogen-bond donors (Lipinski definition) is 3. The molecule has 2 amide bonds. The molecule has 3 N–H and O–H groups in total. The molecule has 2 aromatic carbocycles. The number of nitrogens with one attached hydrogen (secondary N) is 3. The standard InChI is InChI=1S/C19H18ClN3O3S/c1-13-11-15(20)8-9-16(13)26-12-18(25)22-23-19(27)21-17(24)10-7-14-5-3-2-4-6-14/h2-11H,12H2,1H3,(H,22,25)(H2,21,23,24,27). The number of carbonyl (C=O) groups is 2. The lowest BCUT2D eigenvalue weighted by atomic mass is 10.2. The Kier molecular flexibility index (Phi) is 7.79. The average Bonchev–Trinajstić information content (AvgIpc) is 2.65. The summed E-state index contributed by atoms with van der Waals surface area (Å²) in [5.74, 6) is -0.323. The molecule has 6 nitrogen and oxygen atoms in total. The van der Waals surface area contributed by atoms with Crippen LogP contribution in [0.4, 0.5) is 0 Å². The Bertz CT molecular complexity index is 857. The Labute approximate surface area is 167 Å². The van der Waals surface area contributed by atoms with Gasteiger partial charge >= 0.3 is 0 Å². The number of carbonyl (C=O) groups excluding carboxylic acids is 2. The summed E-state index contributed by atoms with van der Waals surface area (Å²) < 4.78 is 5.40. The van der Waals surface area contributed by atoms with Crippen LogP contribution in [0.3, 0.4) is 0 Å². The molecule has 0 radical (unpaired) electrons. The second-order valence-electron chi connectivity index (χ2n) is 5.43. The van der Waals surface area contributed by atoms with Gasteiger partial charge in [-0.25, -0.2) is 0 Å². The molecule has 0 spiro atoms. The van der Waals surface area contributed by atoms with Crippen molar-refractivity contribution in [1.29, 1.82) is 0 Å². The maximum absolute atomic E-state index is 11.8. The molecule has 0 aliphatic carbocycles. The highest BCUT2D eigenvalue weighted by molar-refractivity contribution is 7.80. The molecular formula is C19H18ClN3O3S. The van der Waals surface area contributed by atoms with E-state index in [9.17, 15) is 9.59 Å². The van der Waals surface area contributed by atoms with Crippen molar-refractivity contribution in [3.8, 4) is 5.75 Å². The summed E-state index contributed by atoms with van der Waals surface area (Å²) in [7, 11) is 0. The van der Waals surface area contributed by atoms with Crippen LogP contribution in [0.15, 0.2) is 54.6 Å². The van der Waals surface area contributed by atoms with E-state index in [4.69, 9.17) is 28.6 Å². The number of rotatable bonds is 5. The van der Waals surface area contributed by atoms with E-state index in [1.807, 2.05) is 37.3 Å². The predicted octanol–water partition coefficient (Wildman–Crippen LogP) is 2.76. The van der Waals surface area contributed by atoms with Gasteiger partial charge in [-0.1, -0.05) is 41.9 Å². The molecule has 0 aliphatic heterocycles. The van der Waals surface area contributed by atoms with Crippen LogP contribution < -0.4 is 20.9 Å². The molecule has 0 fully saturated rings. The zero-order valence-corrected chi connectivity index (χ0v) is 16.1. The summed E-state index contributed by atoms with van der Waals surface area (Å²) in [4.78, 5) is 23.6. The van der Waals surface area contributed by atoms with Crippen molar-refractivity contribution in [2.75, 3.05) is 6.61 Å². The quantitative estimate of drug-likeness (QED) is 0.406. The van der Waals surface area contributed by atoms with E-state index in [-0.39, 0.29) is 11.7 Å². The zero-order valence-electron chi connectivity index (χ0n) is 14.5. The molecule has 0 bridgehead atoms. The van der Waals surface area contributed by atoms with E-state index in [2.05, 4.69) is 16.2 Å². The molecule has 0 unspecified atom stereocenters. The van der Waals surface area contributed by atoms with Gasteiger partial charge in [-0.15, -0.1) is 0 Å². The van der Waals surface area contributed by atoms with E-state index >= 15 is 0 Å². The van der Waals surface area contributed by atoms with Crippen LogP contribution in [0.5, 0.6) is 5.75 Å². The van der Waals surface area contributed by atoms with Gasteiger partial charge in [0.15, 0.2) is 11.7 Å². The van der Waals surface area contributed by atoms with Crippen molar-refractivity contribution in [3.05, 3.63) is 70.8 Å². The molecule has 2 aromatic rings. The van der Waals surface area contributed by atoms with E-state index in [1.54, 1.807) is 24.3 Å². The molecular weight excluding hydrogens is 386 g/mol. The summed E-state index contributed by atoms with van der Waals surface area (Å²) in [6.07, 6.45) is 3.00. The minimum Gasteiger partial charge on any atom is -0.483 e. The van der Waals surface area contributed by atoms with E-state index < -0.39 is 11.8 Å². The first-order chi connectivity index (χ1) is 12.9. The van der Waals surface area contributed by atoms with Gasteiger partial charge in [-0.05, 0) is 54.5 Å². The van der Waals surface area contributed by atoms with E-state index in [0.29, 0.717) is 10.8 Å². The minimum atomic E-state index is -0.458. The number of aryl methyl sites for hydroxylation is 1. The zero-order chi connectivity index (χ0) is 19.6. The van der Waals surface area contributed by atoms with Crippen molar-refractivity contribution in [3.63, 3.8) is 0 Å². The number of amides is 2. The highest BCUT2D eigenvalue weighted by Crippen LogP contribution is 2.21. The second-order valence-corrected chi connectivity index (χ2v) is 6.28. The fraction of sp³-hybridized carbons (Fsp3) is 0.105. The first-order valence-electron chi connectivity index (χ1n) is 7.96. The lowest BCUT2D eigenvalue weighted by Crippen LogP contribution is -2.49. The smallest absolute Gasteiger partial charge is 0.276 e. The van der Waals surface area contributed by atoms with Gasteiger partial charge in [0.1, 0.15) is 5.75 Å². The molecule has 0 saturated heterocycles. The Hall–Kier alpha value is -2.90. The predicted molar refractivity (Wildman–Crippen MR) is 109 cm³/mol. The first-order valence-corrected chi connectivity index (χ1v) is 8.74. The van der Waals surface area contributed by atoms with Gasteiger partial charge < -0.3 is 4.74 Å². The molecule has 140 valence electrons. The molecule has 27 heavy (non-hydrogen) atoms. The van der Waals surface area contributed by atoms with Crippen LogP contribution in [-0.4, -0.2) is 23.5 Å². The maximum Gasteiger partial charge on any atom is 0.276 e. The summed E-state index contributed by atoms with van der Waals surface area (Å²) in [5, 5.41) is 2.98. The molecule has 0 heterocycles. The van der Waals surface area contributed by atoms with Crippen molar-refractivity contribution in [1.82, 2.24) is 16.2 Å². The van der Waals surface area contributed by atoms with Crippen LogP contribution in [0.25, 0.3) is 6.08 Å². The fourth-order valence-corrected chi connectivity index (χ4v) is 2.38. The SMILES string of the molecule is Cc1cc(Cl)ccc1OCC(=O)NNC(=S)NC(=O)C=Cc1ccccc1. The lowest BCUT2D eigenvalue weighted by Gasteiger charge is -2.11. The second kappa shape index (κ2) is 10.3. The highest BCUT2D eigenvalue weighted by atomic mass is 35.5. The normalized spacial score (nSPS) is 10.3. The van der Waals surface area contributed by atoms with Crippen LogP contribution in [0.1, 0.15) is 11.1 Å². The van der Waals surface area contributed by atoms with Gasteiger partial charge in [-0.3, -0.25) is 25.8 Å². The minimum absolute atomic E-state index is 0.0336. The van der Waals surface area contributed by atoms with Gasteiger partial charge in [0.2, 0.25) is 5.91 Å². The molecule has 2 rings (SSSR count). The number of hydrogen-bond acceptors (Lipinski definition) is 4. The molecule has 0 aliphatic rings. The number of thiocarbonyl (C=S) groups is 1. The van der Waals surface area contributed by atoms with Crippen LogP contribution in [0, 0.1) is 6.92 Å². The molecule has 8 heteroatoms. The number of ether oxygens (including phenoxy) is 1. The number of benzene rings is 2. The molecule has 0 saturated carbocycles. The Morgan fingerprint density at radius 2 is 1.89 bits per heavy atom. The largest absolute Gasteiger partial charge is 0.483 e. The number of halogens is 1. The van der Waals surface area contributed by atoms with Crippen LogP contribution in [-0.2, 0) is 9.59 Å². The van der Waals surface area contributed by atoms with Crippen LogP contribution in [0.2, 0.25) is 5.02 Å². The highest BCUT2D eigenvalue weighted by Gasteiger charge is 2.07. The topological polar surface area (TPSA) is 79.5 Å². The third-order valence-electron chi connectivity index (χ3n) is 3.27. The first kappa shape index (κ1) is 20.4. The van der Waals surface area contributed by atoms with Crippen molar-refractivity contribution < 1.29 is 14.3 Å². The summed E-state index contributed by atoms with van der Waals surface area (Å²) >= 11 is 10.8. The molecule has 0 aromatic heterocycles. The average molecular weight is 404 g/mol. The third-order valence-corrected chi connectivity index (χ3v) is 3.71. The van der Waals surface area contributed by atoms with Gasteiger partial charge in [0.05, 0.1) is 0 Å². The number of hydrazine groups is 1. The third kappa shape index (κ3) is 7.47. The maximum atomic E-state index is 11.8. The van der Waals surface area contributed by atoms with Gasteiger partial charge in [-0.2, -0.15) is 0 Å². The molecule has 0 atom stereocenters. The fourth-order valence-electron chi connectivity index (χ4n) is 2.00. The van der Waals surface area contributed by atoms with Crippen LogP contribution >= 0.6 is 23.8 Å². The summed E-state index contributed by atoms with van der Waals surface area (Å²) in [6.45, 7) is 1.60. The summed E-state index contributed by atoms with van der Waals surface area (Å²) in [5.41, 5.74) is 6.48. The van der Waals surface area contributed by atoms with Gasteiger partial charge in [0.25, 0.3) is 5.91 Å². The van der Waals surface area contributed by atoms with Crippen molar-refractivity contribution in [2.24, 2.45) is 0 Å².